The fourth-order valence-electron chi connectivity index (χ4n) is 3.41. The van der Waals surface area contributed by atoms with Crippen LogP contribution in [0, 0.1) is 0 Å². The van der Waals surface area contributed by atoms with E-state index in [-0.39, 0.29) is 6.01 Å². The summed E-state index contributed by atoms with van der Waals surface area (Å²) in [5, 5.41) is 17.8. The monoisotopic (exact) mass is 547 g/mol. The zero-order valence-electron chi connectivity index (χ0n) is 20.1. The van der Waals surface area contributed by atoms with E-state index in [1.54, 1.807) is 35.7 Å². The average Bonchev–Trinajstić information content (AvgIpc) is 3.62. The lowest BCUT2D eigenvalue weighted by atomic mass is 10.2. The number of nitrogens with one attached hydrogen (secondary N) is 3. The van der Waals surface area contributed by atoms with E-state index in [4.69, 9.17) is 16.3 Å². The molecule has 0 bridgehead atoms. The van der Waals surface area contributed by atoms with Gasteiger partial charge in [-0.3, -0.25) is 0 Å². The fourth-order valence-corrected chi connectivity index (χ4v) is 4.52. The maximum Gasteiger partial charge on any atom is 0.323 e. The van der Waals surface area contributed by atoms with Gasteiger partial charge in [-0.15, -0.1) is 5.10 Å². The summed E-state index contributed by atoms with van der Waals surface area (Å²) in [6.45, 7) is 3.01. The van der Waals surface area contributed by atoms with Crippen LogP contribution in [0.1, 0.15) is 13.3 Å². The molecule has 0 fully saturated rings. The van der Waals surface area contributed by atoms with Crippen molar-refractivity contribution in [3.8, 4) is 27.9 Å². The van der Waals surface area contributed by atoms with Crippen molar-refractivity contribution in [2.75, 3.05) is 22.5 Å². The zero-order valence-corrected chi connectivity index (χ0v) is 21.7. The van der Waals surface area contributed by atoms with Gasteiger partial charge < -0.3 is 20.7 Å². The van der Waals surface area contributed by atoms with Crippen molar-refractivity contribution in [1.82, 2.24) is 29.9 Å². The highest BCUT2D eigenvalue weighted by Gasteiger charge is 2.13. The Morgan fingerprint density at radius 2 is 1.87 bits per heavy atom. The number of aromatic nitrogens is 6. The predicted molar refractivity (Wildman–Crippen MR) is 147 cm³/mol. The van der Waals surface area contributed by atoms with Gasteiger partial charge in [0.1, 0.15) is 11.4 Å². The zero-order chi connectivity index (χ0) is 26.3. The van der Waals surface area contributed by atoms with Crippen LogP contribution in [0.5, 0.6) is 11.8 Å². The first-order valence-corrected chi connectivity index (χ1v) is 12.8. The number of urea groups is 1. The molecule has 11 nitrogen and oxygen atoms in total. The number of carbonyl (C=O) groups is 1. The molecular weight excluding hydrogens is 526 g/mol. The van der Waals surface area contributed by atoms with Crippen molar-refractivity contribution in [2.45, 2.75) is 13.3 Å². The first kappa shape index (κ1) is 25.1. The van der Waals surface area contributed by atoms with Gasteiger partial charge in [-0.1, -0.05) is 41.1 Å². The van der Waals surface area contributed by atoms with Crippen LogP contribution in [0.15, 0.2) is 73.4 Å². The lowest BCUT2D eigenvalue weighted by molar-refractivity contribution is 0.262. The molecule has 5 aromatic rings. The van der Waals surface area contributed by atoms with Gasteiger partial charge in [-0.05, 0) is 48.4 Å². The molecule has 3 N–H and O–H groups in total. The molecular formula is C25H22ClN9O2S. The molecule has 0 radical (unpaired) electrons. The summed E-state index contributed by atoms with van der Waals surface area (Å²) in [5.41, 5.74) is 2.37. The van der Waals surface area contributed by atoms with Crippen LogP contribution >= 0.6 is 22.9 Å². The van der Waals surface area contributed by atoms with Gasteiger partial charge in [-0.2, -0.15) is 0 Å². The van der Waals surface area contributed by atoms with E-state index in [9.17, 15) is 4.79 Å². The third-order valence-corrected chi connectivity index (χ3v) is 6.46. The van der Waals surface area contributed by atoms with E-state index in [1.165, 1.54) is 23.3 Å². The molecule has 3 aromatic heterocycles. The van der Waals surface area contributed by atoms with Crippen LogP contribution < -0.4 is 20.7 Å². The van der Waals surface area contributed by atoms with Crippen LogP contribution in [0.3, 0.4) is 0 Å². The Balaban J connectivity index is 1.18. The molecule has 0 aliphatic heterocycles. The Labute approximate surface area is 226 Å². The summed E-state index contributed by atoms with van der Waals surface area (Å²) in [7, 11) is 0. The molecule has 0 atom stereocenters. The predicted octanol–water partition coefficient (Wildman–Crippen LogP) is 6.09. The van der Waals surface area contributed by atoms with Crippen molar-refractivity contribution < 1.29 is 9.53 Å². The van der Waals surface area contributed by atoms with Crippen LogP contribution in [0.2, 0.25) is 5.02 Å². The Morgan fingerprint density at radius 3 is 2.61 bits per heavy atom. The van der Waals surface area contributed by atoms with Crippen molar-refractivity contribution in [2.24, 2.45) is 0 Å². The second-order valence-electron chi connectivity index (χ2n) is 7.90. The van der Waals surface area contributed by atoms with Gasteiger partial charge in [-0.25, -0.2) is 24.4 Å². The smallest absolute Gasteiger partial charge is 0.323 e. The molecule has 0 aliphatic rings. The quantitative estimate of drug-likeness (QED) is 0.202. The molecule has 0 saturated carbocycles. The van der Waals surface area contributed by atoms with E-state index in [0.717, 1.165) is 28.5 Å². The number of halogens is 1. The molecule has 13 heteroatoms. The Bertz CT molecular complexity index is 1510. The SMILES string of the molecule is CCCNc1ncc(-c2ccc(Oc3ncc(NC(=O)Nc4cccc(Cl)c4-n4ccnn4)cn3)cc2)s1. The Morgan fingerprint density at radius 1 is 1.05 bits per heavy atom. The first-order chi connectivity index (χ1) is 18.6. The second kappa shape index (κ2) is 11.7. The van der Waals surface area contributed by atoms with Crippen LogP contribution in [0.25, 0.3) is 16.1 Å². The third-order valence-electron chi connectivity index (χ3n) is 5.15. The lowest BCUT2D eigenvalue weighted by Gasteiger charge is -2.13. The highest BCUT2D eigenvalue weighted by Crippen LogP contribution is 2.31. The number of nitrogens with zero attached hydrogens (tertiary/aromatic N) is 6. The molecule has 2 amide bonds. The van der Waals surface area contributed by atoms with Gasteiger partial charge >= 0.3 is 12.0 Å². The summed E-state index contributed by atoms with van der Waals surface area (Å²) >= 11 is 7.91. The van der Waals surface area contributed by atoms with Gasteiger partial charge in [0.05, 0.1) is 46.1 Å². The minimum Gasteiger partial charge on any atom is -0.424 e. The minimum atomic E-state index is -0.502. The summed E-state index contributed by atoms with van der Waals surface area (Å²) in [4.78, 5) is 26.4. The highest BCUT2D eigenvalue weighted by molar-refractivity contribution is 7.18. The first-order valence-electron chi connectivity index (χ1n) is 11.6. The molecule has 192 valence electrons. The van der Waals surface area contributed by atoms with E-state index >= 15 is 0 Å². The van der Waals surface area contributed by atoms with Gasteiger partial charge in [0.25, 0.3) is 0 Å². The summed E-state index contributed by atoms with van der Waals surface area (Å²) in [6.07, 6.45) is 8.95. The van der Waals surface area contributed by atoms with Gasteiger partial charge in [0, 0.05) is 12.7 Å². The summed E-state index contributed by atoms with van der Waals surface area (Å²) < 4.78 is 7.22. The topological polar surface area (TPSA) is 132 Å². The molecule has 2 aromatic carbocycles. The summed E-state index contributed by atoms with van der Waals surface area (Å²) in [6, 6.07) is 12.4. The molecule has 0 aliphatic carbocycles. The summed E-state index contributed by atoms with van der Waals surface area (Å²) in [5.74, 6) is 0.586. The van der Waals surface area contributed by atoms with Crippen molar-refractivity contribution in [3.05, 3.63) is 78.5 Å². The molecule has 3 heterocycles. The lowest BCUT2D eigenvalue weighted by Crippen LogP contribution is -2.21. The standard InChI is InChI=1S/C25H22ClN9O2S/c1-2-10-27-25-30-15-21(38-25)16-6-8-18(9-7-16)37-24-28-13-17(14-29-24)32-23(36)33-20-5-3-4-19(26)22(20)35-12-11-31-34-35/h3-9,11-15H,2,10H2,1H3,(H,27,30)(H2,32,33,36). The second-order valence-corrected chi connectivity index (χ2v) is 9.34. The number of para-hydroxylation sites is 1. The van der Waals surface area contributed by atoms with E-state index in [1.807, 2.05) is 30.5 Å². The molecule has 0 unspecified atom stereocenters. The Hall–Kier alpha value is -4.55. The maximum absolute atomic E-state index is 12.6. The van der Waals surface area contributed by atoms with Crippen molar-refractivity contribution in [3.63, 3.8) is 0 Å². The largest absolute Gasteiger partial charge is 0.424 e. The highest BCUT2D eigenvalue weighted by atomic mass is 35.5. The molecule has 5 rings (SSSR count). The van der Waals surface area contributed by atoms with Crippen molar-refractivity contribution in [1.29, 1.82) is 0 Å². The molecule has 0 saturated heterocycles. The average molecular weight is 548 g/mol. The number of carbonyl (C=O) groups excluding carboxylic acids is 1. The molecule has 0 spiro atoms. The normalized spacial score (nSPS) is 10.7. The number of amides is 2. The number of rotatable bonds is 9. The number of hydrogen-bond acceptors (Lipinski definition) is 9. The fraction of sp³-hybridized carbons (Fsp3) is 0.120. The Kier molecular flexibility index (Phi) is 7.71. The molecule has 38 heavy (non-hydrogen) atoms. The number of hydrogen-bond donors (Lipinski definition) is 3. The third kappa shape index (κ3) is 6.05. The van der Waals surface area contributed by atoms with E-state index in [0.29, 0.717) is 27.8 Å². The van der Waals surface area contributed by atoms with Crippen molar-refractivity contribution >= 4 is 45.5 Å². The van der Waals surface area contributed by atoms with Crippen LogP contribution in [-0.2, 0) is 0 Å². The maximum atomic E-state index is 12.6. The van der Waals surface area contributed by atoms with Crippen LogP contribution in [-0.4, -0.2) is 42.5 Å². The number of benzene rings is 2. The van der Waals surface area contributed by atoms with Crippen LogP contribution in [0.4, 0.5) is 21.3 Å². The van der Waals surface area contributed by atoms with Gasteiger partial charge in [0.15, 0.2) is 5.13 Å². The minimum absolute atomic E-state index is 0.149. The van der Waals surface area contributed by atoms with E-state index < -0.39 is 6.03 Å². The number of ether oxygens (including phenoxy) is 1. The number of anilines is 3. The van der Waals surface area contributed by atoms with Gasteiger partial charge in [0.2, 0.25) is 0 Å². The van der Waals surface area contributed by atoms with E-state index in [2.05, 4.69) is 48.1 Å². The number of thiazole rings is 1.